The molecule has 0 unspecified atom stereocenters. The van der Waals surface area contributed by atoms with E-state index < -0.39 is 5.92 Å². The number of carbonyl (C=O) groups is 1. The van der Waals surface area contributed by atoms with Crippen molar-refractivity contribution in [2.45, 2.75) is 46.5 Å². The molecule has 0 bridgehead atoms. The maximum atomic E-state index is 13.5. The number of allylic oxidation sites excluding steroid dienone is 3. The highest BCUT2D eigenvalue weighted by atomic mass is 35.5. The van der Waals surface area contributed by atoms with Gasteiger partial charge in [-0.2, -0.15) is 5.26 Å². The monoisotopic (exact) mass is 437 g/mol. The molecule has 1 aromatic carbocycles. The van der Waals surface area contributed by atoms with Gasteiger partial charge >= 0.3 is 0 Å². The second kappa shape index (κ2) is 7.30. The maximum Gasteiger partial charge on any atom is 0.162 e. The molecule has 6 heteroatoms. The number of hydrogen-bond donors (Lipinski definition) is 1. The molecule has 0 radical (unpaired) electrons. The number of aryl methyl sites for hydroxylation is 2. The Morgan fingerprint density at radius 2 is 2.00 bits per heavy atom. The number of nitrogens with zero attached hydrogens (tertiary/aromatic N) is 2. The van der Waals surface area contributed by atoms with Crippen LogP contribution in [0.4, 0.5) is 5.69 Å². The van der Waals surface area contributed by atoms with Crippen LogP contribution in [-0.4, -0.2) is 5.78 Å². The molecule has 0 spiro atoms. The topological polar surface area (TPSA) is 70.1 Å². The lowest BCUT2D eigenvalue weighted by Crippen LogP contribution is -2.42. The fourth-order valence-corrected chi connectivity index (χ4v) is 5.82. The van der Waals surface area contributed by atoms with Gasteiger partial charge in [-0.15, -0.1) is 11.3 Å². The molecular formula is C24H24ClN3OS. The van der Waals surface area contributed by atoms with E-state index in [1.807, 2.05) is 36.9 Å². The summed E-state index contributed by atoms with van der Waals surface area (Å²) in [5.41, 5.74) is 10.2. The Morgan fingerprint density at radius 1 is 1.27 bits per heavy atom. The fraction of sp³-hybridized carbons (Fsp3) is 0.333. The van der Waals surface area contributed by atoms with Crippen molar-refractivity contribution in [3.63, 3.8) is 0 Å². The van der Waals surface area contributed by atoms with Gasteiger partial charge in [0.25, 0.3) is 0 Å². The molecule has 0 saturated heterocycles. The number of ketones is 1. The maximum absolute atomic E-state index is 13.5. The van der Waals surface area contributed by atoms with Gasteiger partial charge < -0.3 is 5.73 Å². The van der Waals surface area contributed by atoms with Crippen molar-refractivity contribution in [1.82, 2.24) is 0 Å². The van der Waals surface area contributed by atoms with Gasteiger partial charge in [0.05, 0.1) is 17.6 Å². The number of rotatable bonds is 2. The van der Waals surface area contributed by atoms with Gasteiger partial charge in [-0.05, 0) is 55.5 Å². The molecule has 154 valence electrons. The molecule has 4 rings (SSSR count). The summed E-state index contributed by atoms with van der Waals surface area (Å²) in [6.07, 6.45) is 1.14. The summed E-state index contributed by atoms with van der Waals surface area (Å²) >= 11 is 7.94. The highest BCUT2D eigenvalue weighted by Crippen LogP contribution is 2.51. The van der Waals surface area contributed by atoms with Crippen LogP contribution < -0.4 is 10.6 Å². The average Bonchev–Trinajstić information content (AvgIpc) is 2.97. The Balaban J connectivity index is 2.03. The summed E-state index contributed by atoms with van der Waals surface area (Å²) in [6, 6.07) is 11.8. The van der Waals surface area contributed by atoms with Crippen LogP contribution in [0.25, 0.3) is 0 Å². The van der Waals surface area contributed by atoms with Crippen LogP contribution in [-0.2, 0) is 4.79 Å². The molecule has 2 aliphatic rings. The lowest BCUT2D eigenvalue weighted by atomic mass is 9.68. The van der Waals surface area contributed by atoms with Gasteiger partial charge in [0.2, 0.25) is 0 Å². The standard InChI is InChI=1S/C24H24ClN3OS/c1-13-8-17(14(2)30-13)21-18(12-26)23(27)28(16-7-5-6-15(25)9-16)19-10-24(3,4)11-20(29)22(19)21/h5-9,21H,10-11,27H2,1-4H3/t21-/m0/s1. The van der Waals surface area contributed by atoms with Crippen LogP contribution >= 0.6 is 22.9 Å². The van der Waals surface area contributed by atoms with E-state index in [9.17, 15) is 10.1 Å². The summed E-state index contributed by atoms with van der Waals surface area (Å²) in [5.74, 6) is 0.0352. The third kappa shape index (κ3) is 3.34. The van der Waals surface area contributed by atoms with Crippen LogP contribution in [0.2, 0.25) is 5.02 Å². The summed E-state index contributed by atoms with van der Waals surface area (Å²) in [6.45, 7) is 8.28. The Hall–Kier alpha value is -2.55. The second-order valence-electron chi connectivity index (χ2n) is 8.83. The predicted octanol–water partition coefficient (Wildman–Crippen LogP) is 5.96. The molecule has 2 aromatic rings. The van der Waals surface area contributed by atoms with Gasteiger partial charge in [0.15, 0.2) is 5.78 Å². The van der Waals surface area contributed by atoms with Crippen molar-refractivity contribution < 1.29 is 4.79 Å². The number of nitriles is 1. The number of thiophene rings is 1. The van der Waals surface area contributed by atoms with E-state index in [1.165, 1.54) is 0 Å². The first-order valence-electron chi connectivity index (χ1n) is 9.91. The number of nitrogens with two attached hydrogens (primary N) is 1. The third-order valence-corrected chi connectivity index (χ3v) is 7.05. The number of anilines is 1. The summed E-state index contributed by atoms with van der Waals surface area (Å²) in [7, 11) is 0. The van der Waals surface area contributed by atoms with Crippen LogP contribution in [0.3, 0.4) is 0 Å². The lowest BCUT2D eigenvalue weighted by molar-refractivity contribution is -0.118. The van der Waals surface area contributed by atoms with E-state index in [0.29, 0.717) is 34.8 Å². The SMILES string of the molecule is Cc1cc([C@H]2C(C#N)=C(N)N(c3cccc(Cl)c3)C3=C2C(=O)CC(C)(C)C3)c(C)s1. The minimum Gasteiger partial charge on any atom is -0.384 e. The molecule has 0 saturated carbocycles. The minimum absolute atomic E-state index is 0.0850. The van der Waals surface area contributed by atoms with Gasteiger partial charge in [-0.3, -0.25) is 9.69 Å². The Kier molecular flexibility index (Phi) is 5.04. The highest BCUT2D eigenvalue weighted by molar-refractivity contribution is 7.12. The summed E-state index contributed by atoms with van der Waals surface area (Å²) < 4.78 is 0. The van der Waals surface area contributed by atoms with Crippen LogP contribution in [0.1, 0.15) is 47.9 Å². The normalized spacial score (nSPS) is 21.0. The molecule has 1 aromatic heterocycles. The molecule has 0 amide bonds. The molecule has 0 fully saturated rings. The predicted molar refractivity (Wildman–Crippen MR) is 122 cm³/mol. The van der Waals surface area contributed by atoms with Crippen LogP contribution in [0, 0.1) is 30.6 Å². The van der Waals surface area contributed by atoms with Crippen molar-refractivity contribution in [3.8, 4) is 6.07 Å². The van der Waals surface area contributed by atoms with Gasteiger partial charge in [-0.25, -0.2) is 0 Å². The van der Waals surface area contributed by atoms with Gasteiger partial charge in [-0.1, -0.05) is 31.5 Å². The van der Waals surface area contributed by atoms with E-state index in [1.54, 1.807) is 17.4 Å². The van der Waals surface area contributed by atoms with Crippen LogP contribution in [0.5, 0.6) is 0 Å². The quantitative estimate of drug-likeness (QED) is 0.629. The lowest BCUT2D eigenvalue weighted by Gasteiger charge is -2.43. The number of hydrogen-bond acceptors (Lipinski definition) is 5. The zero-order chi connectivity index (χ0) is 21.8. The van der Waals surface area contributed by atoms with E-state index >= 15 is 0 Å². The Bertz CT molecular complexity index is 1170. The third-order valence-electron chi connectivity index (χ3n) is 5.84. The Morgan fingerprint density at radius 3 is 2.60 bits per heavy atom. The molecular weight excluding hydrogens is 414 g/mol. The zero-order valence-corrected chi connectivity index (χ0v) is 19.1. The zero-order valence-electron chi connectivity index (χ0n) is 17.5. The Labute approximate surface area is 186 Å². The van der Waals surface area contributed by atoms with Crippen molar-refractivity contribution in [3.05, 3.63) is 73.3 Å². The van der Waals surface area contributed by atoms with Crippen molar-refractivity contribution >= 4 is 34.4 Å². The second-order valence-corrected chi connectivity index (χ2v) is 10.7. The summed E-state index contributed by atoms with van der Waals surface area (Å²) in [5, 5.41) is 10.7. The minimum atomic E-state index is -0.422. The number of Topliss-reactive ketones (excluding diaryl/α,β-unsaturated/α-hetero) is 1. The van der Waals surface area contributed by atoms with Crippen LogP contribution in [0.15, 0.2) is 53.0 Å². The fourth-order valence-electron chi connectivity index (χ4n) is 4.67. The molecule has 1 atom stereocenters. The smallest absolute Gasteiger partial charge is 0.162 e. The van der Waals surface area contributed by atoms with Gasteiger partial charge in [0.1, 0.15) is 5.82 Å². The van der Waals surface area contributed by atoms with Crippen molar-refractivity contribution in [1.29, 1.82) is 5.26 Å². The van der Waals surface area contributed by atoms with E-state index in [0.717, 1.165) is 26.7 Å². The van der Waals surface area contributed by atoms with E-state index in [2.05, 4.69) is 26.0 Å². The molecule has 4 nitrogen and oxygen atoms in total. The average molecular weight is 438 g/mol. The van der Waals surface area contributed by atoms with Crippen molar-refractivity contribution in [2.24, 2.45) is 11.1 Å². The summed E-state index contributed by atoms with van der Waals surface area (Å²) in [4.78, 5) is 17.6. The first kappa shape index (κ1) is 20.7. The molecule has 1 aliphatic carbocycles. The number of carbonyl (C=O) groups excluding carboxylic acids is 1. The molecule has 2 N–H and O–H groups in total. The van der Waals surface area contributed by atoms with Gasteiger partial charge in [0, 0.05) is 38.2 Å². The van der Waals surface area contributed by atoms with Crippen molar-refractivity contribution in [2.75, 3.05) is 4.90 Å². The van der Waals surface area contributed by atoms with E-state index in [-0.39, 0.29) is 11.2 Å². The number of benzene rings is 1. The largest absolute Gasteiger partial charge is 0.384 e. The molecule has 30 heavy (non-hydrogen) atoms. The first-order chi connectivity index (χ1) is 14.1. The highest BCUT2D eigenvalue weighted by Gasteiger charge is 2.45. The number of halogens is 1. The van der Waals surface area contributed by atoms with E-state index in [4.69, 9.17) is 17.3 Å². The molecule has 1 aliphatic heterocycles. The first-order valence-corrected chi connectivity index (χ1v) is 11.1. The molecule has 2 heterocycles.